The molecule has 218 valence electrons. The van der Waals surface area contributed by atoms with Crippen LogP contribution in [0.25, 0.3) is 27.8 Å². The number of aliphatic hydroxyl groups is 1. The zero-order valence-electron chi connectivity index (χ0n) is 23.3. The number of aliphatic hydroxyl groups excluding tert-OH is 1. The predicted molar refractivity (Wildman–Crippen MR) is 163 cm³/mol. The van der Waals surface area contributed by atoms with Gasteiger partial charge in [-0.2, -0.15) is 15.0 Å². The molecule has 0 atom stereocenters. The Morgan fingerprint density at radius 1 is 1.02 bits per heavy atom. The van der Waals surface area contributed by atoms with Gasteiger partial charge in [0.2, 0.25) is 11.9 Å². The molecule has 1 saturated heterocycles. The maximum atomic E-state index is 15.2. The number of benzene rings is 3. The topological polar surface area (TPSA) is 131 Å². The van der Waals surface area contributed by atoms with E-state index in [2.05, 4.69) is 25.2 Å². The van der Waals surface area contributed by atoms with Crippen molar-refractivity contribution in [1.82, 2.24) is 19.5 Å². The molecule has 0 unspecified atom stereocenters. The van der Waals surface area contributed by atoms with E-state index < -0.39 is 18.0 Å². The van der Waals surface area contributed by atoms with E-state index >= 15 is 4.39 Å². The van der Waals surface area contributed by atoms with Crippen LogP contribution in [0.2, 0.25) is 0 Å². The molecular weight excluding hydrogens is 549 g/mol. The van der Waals surface area contributed by atoms with Gasteiger partial charge in [0.25, 0.3) is 5.56 Å². The van der Waals surface area contributed by atoms with Crippen LogP contribution in [0.4, 0.5) is 27.7 Å². The Morgan fingerprint density at radius 3 is 2.56 bits per heavy atom. The lowest BCUT2D eigenvalue weighted by Crippen LogP contribution is -2.36. The van der Waals surface area contributed by atoms with Gasteiger partial charge < -0.3 is 25.8 Å². The fourth-order valence-electron chi connectivity index (χ4n) is 5.64. The molecule has 7 rings (SSSR count). The van der Waals surface area contributed by atoms with Crippen molar-refractivity contribution in [3.63, 3.8) is 0 Å². The van der Waals surface area contributed by atoms with Crippen LogP contribution in [-0.4, -0.2) is 50.9 Å². The Hall–Kier alpha value is -4.87. The monoisotopic (exact) mass is 579 g/mol. The number of nitrogens with one attached hydrogen (secondary N) is 1. The number of aromatic nitrogens is 4. The summed E-state index contributed by atoms with van der Waals surface area (Å²) in [5.41, 5.74) is 9.60. The third-order valence-corrected chi connectivity index (χ3v) is 7.99. The molecule has 2 fully saturated rings. The van der Waals surface area contributed by atoms with Crippen molar-refractivity contribution in [2.24, 2.45) is 0 Å². The number of rotatable bonds is 7. The molecular formula is C32H30FN7O3. The van der Waals surface area contributed by atoms with Gasteiger partial charge in [-0.05, 0) is 72.2 Å². The standard InChI is InChI=1S/C32H30FN7O3/c33-26-17-21(19-4-5-19)16-20-10-11-40(30(42)28(20)26)27-3-1-2-24(25(27)18-41)29-36-31(34)38-32(37-29)35-22-6-8-23(9-7-22)39-12-14-43-15-13-39/h1-3,6-11,16-17,19,41H,4-5,12-15,18H2,(H3,34,35,36,37,38). The number of nitrogens with two attached hydrogens (primary N) is 1. The molecule has 0 amide bonds. The lowest BCUT2D eigenvalue weighted by molar-refractivity contribution is 0.122. The summed E-state index contributed by atoms with van der Waals surface area (Å²) in [7, 11) is 0. The Morgan fingerprint density at radius 2 is 1.81 bits per heavy atom. The number of anilines is 4. The molecule has 1 aliphatic heterocycles. The molecule has 1 aliphatic carbocycles. The first kappa shape index (κ1) is 27.0. The first-order valence-electron chi connectivity index (χ1n) is 14.3. The summed E-state index contributed by atoms with van der Waals surface area (Å²) in [6.45, 7) is 2.67. The minimum atomic E-state index is -0.542. The van der Waals surface area contributed by atoms with Crippen molar-refractivity contribution in [2.45, 2.75) is 25.4 Å². The number of nitrogen functional groups attached to an aromatic ring is 1. The average Bonchev–Trinajstić information content (AvgIpc) is 3.87. The highest BCUT2D eigenvalue weighted by Gasteiger charge is 2.25. The summed E-state index contributed by atoms with van der Waals surface area (Å²) in [6.07, 6.45) is 3.68. The fourth-order valence-corrected chi connectivity index (χ4v) is 5.64. The van der Waals surface area contributed by atoms with E-state index in [-0.39, 0.29) is 23.1 Å². The summed E-state index contributed by atoms with van der Waals surface area (Å²) < 4.78 is 22.0. The van der Waals surface area contributed by atoms with Crippen LogP contribution < -0.4 is 21.5 Å². The maximum Gasteiger partial charge on any atom is 0.265 e. The molecule has 2 aromatic heterocycles. The molecule has 0 bridgehead atoms. The SMILES string of the molecule is Nc1nc(Nc2ccc(N3CCOCC3)cc2)nc(-c2cccc(-n3ccc4cc(C5CC5)cc(F)c4c3=O)c2CO)n1. The molecule has 3 heterocycles. The molecule has 43 heavy (non-hydrogen) atoms. The third kappa shape index (κ3) is 5.28. The zero-order valence-corrected chi connectivity index (χ0v) is 23.3. The van der Waals surface area contributed by atoms with Crippen molar-refractivity contribution < 1.29 is 14.2 Å². The Labute approximate surface area is 246 Å². The van der Waals surface area contributed by atoms with Gasteiger partial charge in [0.1, 0.15) is 5.82 Å². The molecule has 0 spiro atoms. The average molecular weight is 580 g/mol. The number of hydrogen-bond acceptors (Lipinski definition) is 9. The molecule has 0 radical (unpaired) electrons. The largest absolute Gasteiger partial charge is 0.392 e. The van der Waals surface area contributed by atoms with Crippen molar-refractivity contribution >= 4 is 34.0 Å². The quantitative estimate of drug-likeness (QED) is 0.255. The zero-order chi connectivity index (χ0) is 29.5. The predicted octanol–water partition coefficient (Wildman–Crippen LogP) is 4.51. The van der Waals surface area contributed by atoms with Crippen LogP contribution >= 0.6 is 0 Å². The number of morpholine rings is 1. The minimum absolute atomic E-state index is 0.0109. The van der Waals surface area contributed by atoms with Crippen LogP contribution in [0, 0.1) is 5.82 Å². The van der Waals surface area contributed by atoms with Gasteiger partial charge in [0.05, 0.1) is 30.9 Å². The van der Waals surface area contributed by atoms with Gasteiger partial charge in [-0.25, -0.2) is 4.39 Å². The Balaban J connectivity index is 1.22. The first-order chi connectivity index (χ1) is 21.0. The lowest BCUT2D eigenvalue weighted by Gasteiger charge is -2.28. The highest BCUT2D eigenvalue weighted by molar-refractivity contribution is 5.83. The fraction of sp³-hybridized carbons (Fsp3) is 0.250. The second-order valence-electron chi connectivity index (χ2n) is 10.8. The normalized spacial score (nSPS) is 15.2. The Bertz CT molecular complexity index is 1880. The highest BCUT2D eigenvalue weighted by atomic mass is 19.1. The second-order valence-corrected chi connectivity index (χ2v) is 10.8. The summed E-state index contributed by atoms with van der Waals surface area (Å²) >= 11 is 0. The van der Waals surface area contributed by atoms with Crippen molar-refractivity contribution in [1.29, 1.82) is 0 Å². The summed E-state index contributed by atoms with van der Waals surface area (Å²) in [6, 6.07) is 18.1. The summed E-state index contributed by atoms with van der Waals surface area (Å²) in [4.78, 5) is 29.0. The van der Waals surface area contributed by atoms with Gasteiger partial charge in [0.15, 0.2) is 5.82 Å². The summed E-state index contributed by atoms with van der Waals surface area (Å²) in [5.74, 6) is 0.260. The van der Waals surface area contributed by atoms with E-state index in [1.807, 2.05) is 30.3 Å². The minimum Gasteiger partial charge on any atom is -0.392 e. The van der Waals surface area contributed by atoms with Crippen LogP contribution in [0.15, 0.2) is 71.7 Å². The van der Waals surface area contributed by atoms with E-state index in [1.54, 1.807) is 30.5 Å². The van der Waals surface area contributed by atoms with Crippen LogP contribution in [-0.2, 0) is 11.3 Å². The van der Waals surface area contributed by atoms with Crippen molar-refractivity contribution in [3.8, 4) is 17.1 Å². The Kier molecular flexibility index (Phi) is 6.96. The van der Waals surface area contributed by atoms with Crippen LogP contribution in [0.1, 0.15) is 29.9 Å². The first-order valence-corrected chi connectivity index (χ1v) is 14.3. The van der Waals surface area contributed by atoms with E-state index in [9.17, 15) is 9.90 Å². The second kappa shape index (κ2) is 11.1. The van der Waals surface area contributed by atoms with Gasteiger partial charge in [-0.3, -0.25) is 9.36 Å². The molecule has 11 heteroatoms. The van der Waals surface area contributed by atoms with Crippen molar-refractivity contribution in [3.05, 3.63) is 94.2 Å². The van der Waals surface area contributed by atoms with Gasteiger partial charge in [-0.15, -0.1) is 0 Å². The number of ether oxygens (including phenoxy) is 1. The van der Waals surface area contributed by atoms with E-state index in [1.165, 1.54) is 10.6 Å². The summed E-state index contributed by atoms with van der Waals surface area (Å²) in [5, 5.41) is 14.2. The molecule has 2 aliphatic rings. The maximum absolute atomic E-state index is 15.2. The molecule has 4 N–H and O–H groups in total. The number of pyridine rings is 1. The number of fused-ring (bicyclic) bond motifs is 1. The highest BCUT2D eigenvalue weighted by Crippen LogP contribution is 2.41. The lowest BCUT2D eigenvalue weighted by atomic mass is 10.0. The number of halogens is 1. The van der Waals surface area contributed by atoms with E-state index in [4.69, 9.17) is 10.5 Å². The number of nitrogens with zero attached hydrogens (tertiary/aromatic N) is 5. The van der Waals surface area contributed by atoms with Gasteiger partial charge in [-0.1, -0.05) is 18.2 Å². The van der Waals surface area contributed by atoms with Gasteiger partial charge in [0, 0.05) is 41.8 Å². The smallest absolute Gasteiger partial charge is 0.265 e. The van der Waals surface area contributed by atoms with E-state index in [0.717, 1.165) is 42.9 Å². The van der Waals surface area contributed by atoms with Crippen LogP contribution in [0.5, 0.6) is 0 Å². The third-order valence-electron chi connectivity index (χ3n) is 7.99. The van der Waals surface area contributed by atoms with Crippen molar-refractivity contribution in [2.75, 3.05) is 42.3 Å². The molecule has 1 saturated carbocycles. The van der Waals surface area contributed by atoms with Crippen LogP contribution in [0.3, 0.4) is 0 Å². The van der Waals surface area contributed by atoms with Gasteiger partial charge >= 0.3 is 0 Å². The van der Waals surface area contributed by atoms with E-state index in [0.29, 0.717) is 41.3 Å². The number of hydrogen-bond donors (Lipinski definition) is 3. The molecule has 3 aromatic carbocycles. The molecule has 5 aromatic rings. The molecule has 10 nitrogen and oxygen atoms in total.